The van der Waals surface area contributed by atoms with Crippen molar-refractivity contribution in [3.8, 4) is 0 Å². The van der Waals surface area contributed by atoms with Gasteiger partial charge in [0.1, 0.15) is 7.11 Å². The smallest absolute Gasteiger partial charge is 0.399 e. The summed E-state index contributed by atoms with van der Waals surface area (Å²) in [6, 6.07) is -0.234. The van der Waals surface area contributed by atoms with Gasteiger partial charge in [-0.1, -0.05) is 5.16 Å². The lowest BCUT2D eigenvalue weighted by Gasteiger charge is -2.31. The monoisotopic (exact) mass is 252 g/mol. The van der Waals surface area contributed by atoms with E-state index in [0.29, 0.717) is 6.54 Å². The fraction of sp³-hybridized carbons (Fsp3) is 0.636. The van der Waals surface area contributed by atoms with Crippen LogP contribution in [0.15, 0.2) is 5.16 Å². The van der Waals surface area contributed by atoms with Crippen molar-refractivity contribution in [1.82, 2.24) is 4.90 Å². The van der Waals surface area contributed by atoms with Crippen molar-refractivity contribution in [1.29, 1.82) is 0 Å². The molecule has 0 aromatic rings. The summed E-state index contributed by atoms with van der Waals surface area (Å²) in [6.45, 7) is 1.70. The molecule has 1 aliphatic heterocycles. The lowest BCUT2D eigenvalue weighted by Crippen LogP contribution is -2.49. The summed E-state index contributed by atoms with van der Waals surface area (Å²) in [4.78, 5) is 32.1. The highest BCUT2D eigenvalue weighted by molar-refractivity contribution is 6.63. The van der Waals surface area contributed by atoms with E-state index in [0.717, 1.165) is 19.3 Å². The molecule has 0 aromatic heterocycles. The SMILES string of the molecule is CO/N=C/C1CCCCN1C(=O)C(=[N+]=[N-])C(C)=O. The fourth-order valence-electron chi connectivity index (χ4n) is 1.90. The molecule has 1 heterocycles. The Balaban J connectivity index is 2.89. The first-order valence-electron chi connectivity index (χ1n) is 5.72. The Bertz CT molecular complexity index is 413. The number of likely N-dealkylation sites (tertiary alicyclic amines) is 1. The van der Waals surface area contributed by atoms with Crippen LogP contribution in [0.5, 0.6) is 0 Å². The molecule has 18 heavy (non-hydrogen) atoms. The third kappa shape index (κ3) is 3.24. The minimum absolute atomic E-state index is 0.234. The maximum atomic E-state index is 12.1. The Morgan fingerprint density at radius 1 is 1.50 bits per heavy atom. The average molecular weight is 252 g/mol. The van der Waals surface area contributed by atoms with Crippen LogP contribution in [0.4, 0.5) is 0 Å². The van der Waals surface area contributed by atoms with Crippen LogP contribution in [-0.4, -0.2) is 53.0 Å². The number of nitrogens with zero attached hydrogens (tertiary/aromatic N) is 4. The number of carbonyl (C=O) groups excluding carboxylic acids is 2. The lowest BCUT2D eigenvalue weighted by molar-refractivity contribution is -0.133. The van der Waals surface area contributed by atoms with Gasteiger partial charge in [-0.15, -0.1) is 0 Å². The minimum atomic E-state index is -0.572. The van der Waals surface area contributed by atoms with Gasteiger partial charge in [-0.05, 0) is 19.3 Å². The van der Waals surface area contributed by atoms with Gasteiger partial charge in [-0.2, -0.15) is 4.79 Å². The summed E-state index contributed by atoms with van der Waals surface area (Å²) >= 11 is 0. The molecule has 0 aromatic carbocycles. The first kappa shape index (κ1) is 14.1. The number of hydrogen-bond donors (Lipinski definition) is 0. The van der Waals surface area contributed by atoms with E-state index in [2.05, 4.69) is 14.8 Å². The van der Waals surface area contributed by atoms with Crippen molar-refractivity contribution in [3.05, 3.63) is 5.53 Å². The number of amides is 1. The Hall–Kier alpha value is -2.01. The summed E-state index contributed by atoms with van der Waals surface area (Å²) in [7, 11) is 1.42. The second-order valence-corrected chi connectivity index (χ2v) is 4.00. The molecule has 0 aliphatic carbocycles. The molecule has 1 saturated heterocycles. The number of hydrogen-bond acceptors (Lipinski definition) is 4. The third-order valence-corrected chi connectivity index (χ3v) is 2.78. The van der Waals surface area contributed by atoms with E-state index in [9.17, 15) is 9.59 Å². The Morgan fingerprint density at radius 2 is 2.22 bits per heavy atom. The van der Waals surface area contributed by atoms with Gasteiger partial charge in [0.2, 0.25) is 5.78 Å². The fourth-order valence-corrected chi connectivity index (χ4v) is 1.90. The van der Waals surface area contributed by atoms with Crippen LogP contribution in [0.25, 0.3) is 5.53 Å². The molecule has 7 nitrogen and oxygen atoms in total. The molecule has 1 atom stereocenters. The highest BCUT2D eigenvalue weighted by atomic mass is 16.6. The van der Waals surface area contributed by atoms with Crippen molar-refractivity contribution < 1.29 is 19.2 Å². The van der Waals surface area contributed by atoms with Gasteiger partial charge < -0.3 is 15.3 Å². The van der Waals surface area contributed by atoms with Crippen molar-refractivity contribution in [2.45, 2.75) is 32.2 Å². The van der Waals surface area contributed by atoms with Gasteiger partial charge in [0.25, 0.3) is 0 Å². The molecular weight excluding hydrogens is 236 g/mol. The summed E-state index contributed by atoms with van der Waals surface area (Å²) in [5, 5.41) is 3.65. The van der Waals surface area contributed by atoms with Gasteiger partial charge >= 0.3 is 11.6 Å². The molecule has 1 unspecified atom stereocenters. The van der Waals surface area contributed by atoms with Crippen LogP contribution in [0, 0.1) is 0 Å². The molecule has 98 valence electrons. The zero-order valence-corrected chi connectivity index (χ0v) is 10.5. The minimum Gasteiger partial charge on any atom is -0.399 e. The van der Waals surface area contributed by atoms with Crippen LogP contribution < -0.4 is 0 Å². The molecule has 0 N–H and O–H groups in total. The first-order chi connectivity index (χ1) is 8.61. The molecule has 0 spiro atoms. The van der Waals surface area contributed by atoms with Gasteiger partial charge in [-0.3, -0.25) is 9.59 Å². The van der Waals surface area contributed by atoms with Gasteiger partial charge in [0.15, 0.2) is 0 Å². The normalized spacial score (nSPS) is 19.4. The maximum absolute atomic E-state index is 12.1. The second-order valence-electron chi connectivity index (χ2n) is 4.00. The molecule has 1 aliphatic rings. The van der Waals surface area contributed by atoms with E-state index in [4.69, 9.17) is 5.53 Å². The Morgan fingerprint density at radius 3 is 2.78 bits per heavy atom. The predicted octanol–water partition coefficient (Wildman–Crippen LogP) is 0.260. The highest BCUT2D eigenvalue weighted by Crippen LogP contribution is 2.16. The molecule has 0 saturated carbocycles. The summed E-state index contributed by atoms with van der Waals surface area (Å²) < 4.78 is 0. The topological polar surface area (TPSA) is 95.4 Å². The van der Waals surface area contributed by atoms with Gasteiger partial charge in [-0.25, -0.2) is 0 Å². The highest BCUT2D eigenvalue weighted by Gasteiger charge is 2.35. The zero-order chi connectivity index (χ0) is 13.5. The molecule has 1 fully saturated rings. The maximum Gasteiger partial charge on any atom is 0.421 e. The predicted molar refractivity (Wildman–Crippen MR) is 64.2 cm³/mol. The summed E-state index contributed by atoms with van der Waals surface area (Å²) in [6.07, 6.45) is 4.08. The van der Waals surface area contributed by atoms with Crippen LogP contribution in [0.2, 0.25) is 0 Å². The second kappa shape index (κ2) is 6.66. The van der Waals surface area contributed by atoms with Gasteiger partial charge in [0.05, 0.1) is 12.3 Å². The molecule has 1 rings (SSSR count). The Kier molecular flexibility index (Phi) is 5.20. The van der Waals surface area contributed by atoms with Crippen molar-refractivity contribution in [3.63, 3.8) is 0 Å². The number of piperidine rings is 1. The van der Waals surface area contributed by atoms with E-state index in [1.165, 1.54) is 25.1 Å². The zero-order valence-electron chi connectivity index (χ0n) is 10.5. The quantitative estimate of drug-likeness (QED) is 0.236. The molecular formula is C11H16N4O3. The van der Waals surface area contributed by atoms with Crippen molar-refractivity contribution in [2.24, 2.45) is 5.16 Å². The average Bonchev–Trinajstić information content (AvgIpc) is 2.37. The number of rotatable bonds is 4. The van der Waals surface area contributed by atoms with Gasteiger partial charge in [0, 0.05) is 13.5 Å². The molecule has 0 bridgehead atoms. The van der Waals surface area contributed by atoms with Crippen molar-refractivity contribution in [2.75, 3.05) is 13.7 Å². The number of carbonyl (C=O) groups is 2. The van der Waals surface area contributed by atoms with E-state index < -0.39 is 17.4 Å². The molecule has 7 heteroatoms. The van der Waals surface area contributed by atoms with Crippen LogP contribution in [0.3, 0.4) is 0 Å². The number of Topliss-reactive ketones (excluding diaryl/α,β-unsaturated/α-hetero) is 1. The summed E-state index contributed by atoms with van der Waals surface area (Å²) in [5.74, 6) is -1.13. The number of oxime groups is 1. The molecule has 1 amide bonds. The third-order valence-electron chi connectivity index (χ3n) is 2.78. The molecule has 0 radical (unpaired) electrons. The van der Waals surface area contributed by atoms with Crippen molar-refractivity contribution >= 4 is 23.6 Å². The van der Waals surface area contributed by atoms with E-state index >= 15 is 0 Å². The standard InChI is InChI=1S/C11H16N4O3/c1-8(16)10(14-12)11(17)15-6-4-3-5-9(15)7-13-18-2/h7,9H,3-6H2,1-2H3/b13-7+. The van der Waals surface area contributed by atoms with Crippen LogP contribution >= 0.6 is 0 Å². The Labute approximate surface area is 105 Å². The van der Waals surface area contributed by atoms with E-state index in [-0.39, 0.29) is 6.04 Å². The van der Waals surface area contributed by atoms with E-state index in [1.54, 1.807) is 0 Å². The first-order valence-corrected chi connectivity index (χ1v) is 5.72. The largest absolute Gasteiger partial charge is 0.421 e. The lowest BCUT2D eigenvalue weighted by atomic mass is 10.0. The summed E-state index contributed by atoms with van der Waals surface area (Å²) in [5.41, 5.74) is 8.27. The van der Waals surface area contributed by atoms with Crippen LogP contribution in [0.1, 0.15) is 26.2 Å². The van der Waals surface area contributed by atoms with Crippen LogP contribution in [-0.2, 0) is 14.4 Å². The number of ketones is 1. The van der Waals surface area contributed by atoms with E-state index in [1.807, 2.05) is 0 Å².